The second-order valence-electron chi connectivity index (χ2n) is 5.87. The predicted octanol–water partition coefficient (Wildman–Crippen LogP) is 2.58. The molecule has 2 aromatic rings. The maximum Gasteiger partial charge on any atom is 0.126 e. The molecule has 0 bridgehead atoms. The molecule has 3 N–H and O–H groups in total. The zero-order chi connectivity index (χ0) is 16.5. The Labute approximate surface area is 143 Å². The highest BCUT2D eigenvalue weighted by Crippen LogP contribution is 2.12. The minimum Gasteiger partial charge on any atom is -0.385 e. The van der Waals surface area contributed by atoms with E-state index in [1.54, 1.807) is 0 Å². The molecule has 0 amide bonds. The molecule has 2 rings (SSSR count). The second-order valence-corrected chi connectivity index (χ2v) is 6.30. The molecule has 124 valence electrons. The van der Waals surface area contributed by atoms with Gasteiger partial charge < -0.3 is 15.2 Å². The number of hydrogen-bond donors (Lipinski definition) is 2. The van der Waals surface area contributed by atoms with Crippen LogP contribution in [0, 0.1) is 0 Å². The molecule has 0 heterocycles. The molecule has 0 saturated heterocycles. The number of benzene rings is 2. The molecule has 0 aliphatic carbocycles. The average Bonchev–Trinajstić information content (AvgIpc) is 2.57. The molecular formula is C19H25ClNO2+. The van der Waals surface area contributed by atoms with Gasteiger partial charge >= 0.3 is 0 Å². The van der Waals surface area contributed by atoms with Crippen LogP contribution < -0.4 is 5.32 Å². The molecule has 0 aromatic heterocycles. The van der Waals surface area contributed by atoms with Crippen molar-refractivity contribution in [2.45, 2.75) is 25.6 Å². The Morgan fingerprint density at radius 1 is 1.04 bits per heavy atom. The molecule has 23 heavy (non-hydrogen) atoms. The summed E-state index contributed by atoms with van der Waals surface area (Å²) in [6, 6.07) is 18.0. The standard InChI is InChI=1S/C19H24ClNO2/c1-15(17-5-3-2-4-6-17)11-21-12-19(22)14-23-13-16-7-9-18(20)10-8-16/h2-10,15,19,21-22H,11-14H2,1H3/p+1/t15-,19+/m1/s1. The number of quaternary nitrogens is 1. The molecule has 4 heteroatoms. The lowest BCUT2D eigenvalue weighted by Gasteiger charge is -2.13. The topological polar surface area (TPSA) is 46.1 Å². The highest BCUT2D eigenvalue weighted by Gasteiger charge is 2.10. The Kier molecular flexibility index (Phi) is 7.56. The summed E-state index contributed by atoms with van der Waals surface area (Å²) in [4.78, 5) is 0. The van der Waals surface area contributed by atoms with E-state index in [0.717, 1.165) is 17.1 Å². The van der Waals surface area contributed by atoms with Crippen molar-refractivity contribution in [2.24, 2.45) is 0 Å². The van der Waals surface area contributed by atoms with Crippen molar-refractivity contribution in [1.82, 2.24) is 0 Å². The lowest BCUT2D eigenvalue weighted by Crippen LogP contribution is -2.87. The van der Waals surface area contributed by atoms with Crippen molar-refractivity contribution < 1.29 is 15.2 Å². The van der Waals surface area contributed by atoms with Gasteiger partial charge in [-0.1, -0.05) is 61.0 Å². The lowest BCUT2D eigenvalue weighted by atomic mass is 10.0. The molecule has 0 radical (unpaired) electrons. The second kappa shape index (κ2) is 9.68. The van der Waals surface area contributed by atoms with Crippen LogP contribution in [0.1, 0.15) is 24.0 Å². The summed E-state index contributed by atoms with van der Waals surface area (Å²) in [6.45, 7) is 4.65. The maximum atomic E-state index is 9.98. The van der Waals surface area contributed by atoms with Gasteiger partial charge in [-0.05, 0) is 23.3 Å². The number of hydrogen-bond acceptors (Lipinski definition) is 2. The van der Waals surface area contributed by atoms with Gasteiger partial charge in [-0.2, -0.15) is 0 Å². The van der Waals surface area contributed by atoms with Crippen molar-refractivity contribution in [3.8, 4) is 0 Å². The van der Waals surface area contributed by atoms with Gasteiger partial charge in [-0.3, -0.25) is 0 Å². The molecule has 3 nitrogen and oxygen atoms in total. The minimum absolute atomic E-state index is 0.346. The summed E-state index contributed by atoms with van der Waals surface area (Å²) in [5.41, 5.74) is 2.39. The largest absolute Gasteiger partial charge is 0.385 e. The summed E-state index contributed by atoms with van der Waals surface area (Å²) in [5, 5.41) is 12.8. The zero-order valence-electron chi connectivity index (χ0n) is 13.5. The molecule has 2 aromatic carbocycles. The van der Waals surface area contributed by atoms with E-state index in [2.05, 4.69) is 36.5 Å². The first-order chi connectivity index (χ1) is 11.1. The van der Waals surface area contributed by atoms with Gasteiger partial charge in [0, 0.05) is 10.9 Å². The number of aliphatic hydroxyl groups is 1. The van der Waals surface area contributed by atoms with Gasteiger partial charge in [0.15, 0.2) is 0 Å². The Balaban J connectivity index is 1.60. The smallest absolute Gasteiger partial charge is 0.126 e. The Bertz CT molecular complexity index is 559. The van der Waals surface area contributed by atoms with Crippen LogP contribution in [0.4, 0.5) is 0 Å². The SMILES string of the molecule is C[C@H](C[NH2+]C[C@H](O)COCc1ccc(Cl)cc1)c1ccccc1. The van der Waals surface area contributed by atoms with Gasteiger partial charge in [0.25, 0.3) is 0 Å². The van der Waals surface area contributed by atoms with E-state index in [4.69, 9.17) is 16.3 Å². The average molecular weight is 335 g/mol. The molecular weight excluding hydrogens is 310 g/mol. The molecule has 0 saturated carbocycles. The fourth-order valence-corrected chi connectivity index (χ4v) is 2.54. The normalized spacial score (nSPS) is 13.7. The third kappa shape index (κ3) is 6.71. The Morgan fingerprint density at radius 2 is 1.74 bits per heavy atom. The van der Waals surface area contributed by atoms with E-state index in [-0.39, 0.29) is 0 Å². The van der Waals surface area contributed by atoms with Crippen LogP contribution in [-0.4, -0.2) is 30.9 Å². The van der Waals surface area contributed by atoms with Crippen molar-refractivity contribution in [1.29, 1.82) is 0 Å². The molecule has 0 aliphatic heterocycles. The van der Waals surface area contributed by atoms with E-state index in [0.29, 0.717) is 25.7 Å². The first-order valence-electron chi connectivity index (χ1n) is 8.02. The van der Waals surface area contributed by atoms with E-state index in [1.807, 2.05) is 30.3 Å². The van der Waals surface area contributed by atoms with E-state index in [1.165, 1.54) is 5.56 Å². The van der Waals surface area contributed by atoms with Gasteiger partial charge in [-0.15, -0.1) is 0 Å². The van der Waals surface area contributed by atoms with Crippen molar-refractivity contribution in [3.05, 3.63) is 70.7 Å². The zero-order valence-corrected chi connectivity index (χ0v) is 14.2. The Morgan fingerprint density at radius 3 is 2.43 bits per heavy atom. The number of nitrogens with two attached hydrogens (primary N) is 1. The number of rotatable bonds is 9. The molecule has 0 aliphatic rings. The van der Waals surface area contributed by atoms with Crippen LogP contribution in [0.2, 0.25) is 5.02 Å². The quantitative estimate of drug-likeness (QED) is 0.740. The lowest BCUT2D eigenvalue weighted by molar-refractivity contribution is -0.663. The molecule has 0 fully saturated rings. The highest BCUT2D eigenvalue weighted by molar-refractivity contribution is 6.30. The van der Waals surface area contributed by atoms with Gasteiger partial charge in [-0.25, -0.2) is 0 Å². The molecule has 0 spiro atoms. The fraction of sp³-hybridized carbons (Fsp3) is 0.368. The van der Waals surface area contributed by atoms with E-state index < -0.39 is 6.10 Å². The summed E-state index contributed by atoms with van der Waals surface area (Å²) in [7, 11) is 0. The van der Waals surface area contributed by atoms with E-state index >= 15 is 0 Å². The number of halogens is 1. The third-order valence-corrected chi connectivity index (χ3v) is 4.07. The van der Waals surface area contributed by atoms with Gasteiger partial charge in [0.05, 0.1) is 19.8 Å². The van der Waals surface area contributed by atoms with Crippen LogP contribution in [0.5, 0.6) is 0 Å². The number of ether oxygens (including phenoxy) is 1. The summed E-state index contributed by atoms with van der Waals surface area (Å²) in [5.74, 6) is 0.471. The first kappa shape index (κ1) is 18.0. The van der Waals surface area contributed by atoms with E-state index in [9.17, 15) is 5.11 Å². The van der Waals surface area contributed by atoms with Gasteiger partial charge in [0.1, 0.15) is 12.6 Å². The molecule has 2 atom stereocenters. The fourth-order valence-electron chi connectivity index (χ4n) is 2.42. The van der Waals surface area contributed by atoms with Crippen LogP contribution >= 0.6 is 11.6 Å². The van der Waals surface area contributed by atoms with Gasteiger partial charge in [0.2, 0.25) is 0 Å². The predicted molar refractivity (Wildman–Crippen MR) is 93.6 cm³/mol. The van der Waals surface area contributed by atoms with Crippen LogP contribution in [-0.2, 0) is 11.3 Å². The van der Waals surface area contributed by atoms with Crippen molar-refractivity contribution in [2.75, 3.05) is 19.7 Å². The van der Waals surface area contributed by atoms with Crippen molar-refractivity contribution in [3.63, 3.8) is 0 Å². The van der Waals surface area contributed by atoms with Crippen LogP contribution in [0.3, 0.4) is 0 Å². The maximum absolute atomic E-state index is 9.98. The minimum atomic E-state index is -0.453. The Hall–Kier alpha value is -1.39. The highest BCUT2D eigenvalue weighted by atomic mass is 35.5. The summed E-state index contributed by atoms with van der Waals surface area (Å²) < 4.78 is 5.55. The van der Waals surface area contributed by atoms with Crippen LogP contribution in [0.25, 0.3) is 0 Å². The monoisotopic (exact) mass is 334 g/mol. The van der Waals surface area contributed by atoms with Crippen LogP contribution in [0.15, 0.2) is 54.6 Å². The number of aliphatic hydroxyl groups excluding tert-OH is 1. The third-order valence-electron chi connectivity index (χ3n) is 3.82. The van der Waals surface area contributed by atoms with Crippen molar-refractivity contribution >= 4 is 11.6 Å². The summed E-state index contributed by atoms with van der Waals surface area (Å²) >= 11 is 5.84. The summed E-state index contributed by atoms with van der Waals surface area (Å²) in [6.07, 6.45) is -0.453. The first-order valence-corrected chi connectivity index (χ1v) is 8.40. The molecule has 0 unspecified atom stereocenters.